The lowest BCUT2D eigenvalue weighted by Gasteiger charge is -2.39. The summed E-state index contributed by atoms with van der Waals surface area (Å²) in [6.07, 6.45) is 3.77. The number of allylic oxidation sites excluding steroid dienone is 3. The number of hydrogen-bond acceptors (Lipinski definition) is 3. The molecule has 0 saturated heterocycles. The minimum Gasteiger partial charge on any atom is -0.457 e. The van der Waals surface area contributed by atoms with Crippen molar-refractivity contribution in [1.29, 1.82) is 0 Å². The van der Waals surface area contributed by atoms with Crippen LogP contribution >= 0.6 is 0 Å². The highest BCUT2D eigenvalue weighted by atomic mass is 16.5. The summed E-state index contributed by atoms with van der Waals surface area (Å²) in [5, 5.41) is 0. The summed E-state index contributed by atoms with van der Waals surface area (Å²) < 4.78 is 6.43. The van der Waals surface area contributed by atoms with Gasteiger partial charge in [0.1, 0.15) is 11.5 Å². The first-order valence-electron chi connectivity index (χ1n) is 17.7. The molecule has 0 atom stereocenters. The molecule has 0 unspecified atom stereocenters. The third-order valence-electron chi connectivity index (χ3n) is 10.2. The van der Waals surface area contributed by atoms with E-state index < -0.39 is 5.41 Å². The van der Waals surface area contributed by atoms with Crippen LogP contribution in [0.15, 0.2) is 188 Å². The fourth-order valence-corrected chi connectivity index (χ4v) is 7.79. The topological polar surface area (TPSA) is 61.3 Å². The van der Waals surface area contributed by atoms with E-state index in [0.29, 0.717) is 6.54 Å². The molecule has 0 fully saturated rings. The van der Waals surface area contributed by atoms with Gasteiger partial charge in [-0.25, -0.2) is 0 Å². The van der Waals surface area contributed by atoms with Crippen LogP contribution in [0.25, 0.3) is 33.4 Å². The Balaban J connectivity index is 0.000000182. The van der Waals surface area contributed by atoms with Crippen molar-refractivity contribution < 1.29 is 4.74 Å². The van der Waals surface area contributed by atoms with Crippen LogP contribution in [0.5, 0.6) is 11.5 Å². The highest BCUT2D eigenvalue weighted by Crippen LogP contribution is 2.62. The molecule has 1 aliphatic heterocycles. The van der Waals surface area contributed by atoms with Crippen LogP contribution < -0.4 is 16.2 Å². The van der Waals surface area contributed by atoms with Gasteiger partial charge in [-0.1, -0.05) is 152 Å². The highest BCUT2D eigenvalue weighted by molar-refractivity contribution is 5.90. The Bertz CT molecular complexity index is 2400. The molecule has 1 heterocycles. The van der Waals surface area contributed by atoms with Gasteiger partial charge < -0.3 is 16.2 Å². The predicted octanol–water partition coefficient (Wildman–Crippen LogP) is 11.4. The monoisotopic (exact) mass is 672 g/mol. The molecule has 9 rings (SSSR count). The van der Waals surface area contributed by atoms with E-state index in [2.05, 4.69) is 153 Å². The van der Waals surface area contributed by atoms with Crippen LogP contribution in [0.3, 0.4) is 0 Å². The Labute approximate surface area is 306 Å². The Hall–Kier alpha value is -6.42. The lowest BCUT2D eigenvalue weighted by atomic mass is 9.66. The van der Waals surface area contributed by atoms with E-state index in [1.807, 2.05) is 36.4 Å². The molecule has 252 valence electrons. The van der Waals surface area contributed by atoms with E-state index in [0.717, 1.165) is 28.2 Å². The molecule has 4 N–H and O–H groups in total. The van der Waals surface area contributed by atoms with Gasteiger partial charge in [0.2, 0.25) is 0 Å². The second kappa shape index (κ2) is 14.1. The van der Waals surface area contributed by atoms with Crippen LogP contribution in [0.4, 0.5) is 0 Å². The normalized spacial score (nSPS) is 13.5. The first-order valence-corrected chi connectivity index (χ1v) is 17.7. The minimum absolute atomic E-state index is 0.432. The van der Waals surface area contributed by atoms with Gasteiger partial charge in [-0.15, -0.1) is 0 Å². The standard InChI is InChI=1S/C32H23NO.C17H17N/c33-20-21-8-7-9-22(18-21)23-16-17-25-24-10-1-2-11-26(24)32(29(25)19-23)27-12-3-5-14-30(27)34-31-15-6-4-13-28(31)32;1-14(15-8-4-2-5-9-15)12-17(13-18)16-10-6-3-7-11-16/h1-19H,20,33H2;2-13H,18H2,1H3/b;14-12+,17-13+. The molecule has 1 aliphatic carbocycles. The molecule has 0 saturated carbocycles. The second-order valence-corrected chi connectivity index (χ2v) is 13.2. The van der Waals surface area contributed by atoms with E-state index in [9.17, 15) is 0 Å². The Morgan fingerprint density at radius 2 is 1.10 bits per heavy atom. The smallest absolute Gasteiger partial charge is 0.132 e. The van der Waals surface area contributed by atoms with Gasteiger partial charge in [0.25, 0.3) is 0 Å². The lowest BCUT2D eigenvalue weighted by Crippen LogP contribution is -2.32. The number of ether oxygens (including phenoxy) is 1. The number of rotatable bonds is 5. The third kappa shape index (κ3) is 5.72. The van der Waals surface area contributed by atoms with Crippen LogP contribution in [-0.4, -0.2) is 0 Å². The zero-order chi connectivity index (χ0) is 35.5. The molecule has 7 aromatic rings. The van der Waals surface area contributed by atoms with E-state index in [1.165, 1.54) is 55.6 Å². The van der Waals surface area contributed by atoms with Gasteiger partial charge in [-0.3, -0.25) is 0 Å². The molecule has 3 nitrogen and oxygen atoms in total. The molecule has 2 aliphatic rings. The predicted molar refractivity (Wildman–Crippen MR) is 216 cm³/mol. The van der Waals surface area contributed by atoms with Crippen molar-refractivity contribution in [2.24, 2.45) is 11.5 Å². The van der Waals surface area contributed by atoms with Gasteiger partial charge in [0.05, 0.1) is 5.41 Å². The van der Waals surface area contributed by atoms with Crippen LogP contribution in [0.2, 0.25) is 0 Å². The zero-order valence-electron chi connectivity index (χ0n) is 29.2. The van der Waals surface area contributed by atoms with E-state index in [4.69, 9.17) is 16.2 Å². The average Bonchev–Trinajstić information content (AvgIpc) is 3.51. The van der Waals surface area contributed by atoms with Crippen molar-refractivity contribution in [1.82, 2.24) is 0 Å². The number of hydrogen-bond donors (Lipinski definition) is 2. The molecule has 0 aromatic heterocycles. The van der Waals surface area contributed by atoms with Crippen LogP contribution in [-0.2, 0) is 12.0 Å². The Kier molecular flexibility index (Phi) is 8.86. The van der Waals surface area contributed by atoms with Gasteiger partial charge in [0.15, 0.2) is 0 Å². The largest absolute Gasteiger partial charge is 0.457 e. The van der Waals surface area contributed by atoms with Crippen molar-refractivity contribution in [3.05, 3.63) is 227 Å². The fourth-order valence-electron chi connectivity index (χ4n) is 7.79. The summed E-state index contributed by atoms with van der Waals surface area (Å²) in [5.41, 5.74) is 26.9. The molecule has 1 spiro atoms. The summed E-state index contributed by atoms with van der Waals surface area (Å²) in [6, 6.07) is 61.7. The molecule has 3 heteroatoms. The summed E-state index contributed by atoms with van der Waals surface area (Å²) >= 11 is 0. The molecule has 52 heavy (non-hydrogen) atoms. The van der Waals surface area contributed by atoms with Crippen molar-refractivity contribution in [3.8, 4) is 33.8 Å². The maximum Gasteiger partial charge on any atom is 0.132 e. The van der Waals surface area contributed by atoms with Gasteiger partial charge in [-0.05, 0) is 98.5 Å². The van der Waals surface area contributed by atoms with Gasteiger partial charge >= 0.3 is 0 Å². The Morgan fingerprint density at radius 1 is 0.538 bits per heavy atom. The van der Waals surface area contributed by atoms with Crippen LogP contribution in [0.1, 0.15) is 45.9 Å². The first kappa shape index (κ1) is 32.8. The quantitative estimate of drug-likeness (QED) is 0.179. The average molecular weight is 673 g/mol. The minimum atomic E-state index is -0.432. The summed E-state index contributed by atoms with van der Waals surface area (Å²) in [7, 11) is 0. The number of para-hydroxylation sites is 2. The number of nitrogens with two attached hydrogens (primary N) is 2. The highest BCUT2D eigenvalue weighted by Gasteiger charge is 2.50. The third-order valence-corrected chi connectivity index (χ3v) is 10.2. The first-order chi connectivity index (χ1) is 25.6. The molecule has 7 aromatic carbocycles. The molecule has 0 amide bonds. The number of benzene rings is 7. The summed E-state index contributed by atoms with van der Waals surface area (Å²) in [4.78, 5) is 0. The molecular weight excluding hydrogens is 633 g/mol. The fraction of sp³-hybridized carbons (Fsp3) is 0.0612. The Morgan fingerprint density at radius 3 is 1.75 bits per heavy atom. The van der Waals surface area contributed by atoms with Crippen molar-refractivity contribution in [2.75, 3.05) is 0 Å². The van der Waals surface area contributed by atoms with Gasteiger partial charge in [0, 0.05) is 23.9 Å². The zero-order valence-corrected chi connectivity index (χ0v) is 29.2. The van der Waals surface area contributed by atoms with E-state index in [1.54, 1.807) is 6.20 Å². The van der Waals surface area contributed by atoms with E-state index in [-0.39, 0.29) is 0 Å². The van der Waals surface area contributed by atoms with Crippen molar-refractivity contribution in [3.63, 3.8) is 0 Å². The second-order valence-electron chi connectivity index (χ2n) is 13.2. The molecule has 0 radical (unpaired) electrons. The van der Waals surface area contributed by atoms with Gasteiger partial charge in [-0.2, -0.15) is 0 Å². The SMILES string of the molecule is C/C(=C\C(=C/N)c1ccccc1)c1ccccc1.NCc1cccc(-c2ccc3c(c2)C2(c4ccccc4Oc4ccccc42)c2ccccc2-3)c1. The van der Waals surface area contributed by atoms with E-state index >= 15 is 0 Å². The molecule has 0 bridgehead atoms. The summed E-state index contributed by atoms with van der Waals surface area (Å²) in [6.45, 7) is 2.63. The maximum atomic E-state index is 6.43. The number of fused-ring (bicyclic) bond motifs is 9. The maximum absolute atomic E-state index is 6.43. The summed E-state index contributed by atoms with van der Waals surface area (Å²) in [5.74, 6) is 1.83. The van der Waals surface area contributed by atoms with Crippen molar-refractivity contribution in [2.45, 2.75) is 18.9 Å². The van der Waals surface area contributed by atoms with Crippen LogP contribution in [0, 0.1) is 0 Å². The molecular formula is C49H40N2O. The lowest BCUT2D eigenvalue weighted by molar-refractivity contribution is 0.436. The van der Waals surface area contributed by atoms with Crippen molar-refractivity contribution >= 4 is 11.1 Å².